The molecule has 24 heavy (non-hydrogen) atoms. The van der Waals surface area contributed by atoms with E-state index in [9.17, 15) is 13.2 Å². The van der Waals surface area contributed by atoms with Crippen molar-refractivity contribution in [3.8, 4) is 5.75 Å². The zero-order valence-electron chi connectivity index (χ0n) is 13.1. The first kappa shape index (κ1) is 18.7. The number of ether oxygens (including phenoxy) is 1. The van der Waals surface area contributed by atoms with Gasteiger partial charge in [-0.3, -0.25) is 4.79 Å². The number of benzene rings is 1. The zero-order valence-corrected chi connectivity index (χ0v) is 15.5. The smallest absolute Gasteiger partial charge is 0.250 e. The molecule has 0 unspecified atom stereocenters. The van der Waals surface area contributed by atoms with Gasteiger partial charge in [-0.05, 0) is 50.2 Å². The highest BCUT2D eigenvalue weighted by Crippen LogP contribution is 2.25. The Bertz CT molecular complexity index is 801. The van der Waals surface area contributed by atoms with E-state index in [1.54, 1.807) is 24.3 Å². The number of carbonyl (C=O) groups is 1. The van der Waals surface area contributed by atoms with Crippen LogP contribution in [0.5, 0.6) is 5.75 Å². The molecule has 2 N–H and O–H groups in total. The Labute approximate surface area is 149 Å². The summed E-state index contributed by atoms with van der Waals surface area (Å²) in [6, 6.07) is 9.70. The second-order valence-corrected chi connectivity index (χ2v) is 8.83. The Morgan fingerprint density at radius 2 is 1.88 bits per heavy atom. The van der Waals surface area contributed by atoms with Crippen LogP contribution in [0.25, 0.3) is 0 Å². The first-order chi connectivity index (χ1) is 11.3. The van der Waals surface area contributed by atoms with Crippen molar-refractivity contribution in [2.45, 2.75) is 24.2 Å². The summed E-state index contributed by atoms with van der Waals surface area (Å²) in [5.74, 6) is 0.219. The number of anilines is 1. The fourth-order valence-corrected chi connectivity index (χ4v) is 4.28. The van der Waals surface area contributed by atoms with Gasteiger partial charge in [0.15, 0.2) is 0 Å². The second kappa shape index (κ2) is 7.98. The van der Waals surface area contributed by atoms with Crippen LogP contribution >= 0.6 is 22.9 Å². The number of halogens is 1. The van der Waals surface area contributed by atoms with Crippen LogP contribution in [0.4, 0.5) is 5.69 Å². The predicted octanol–water partition coefficient (Wildman–Crippen LogP) is 3.11. The van der Waals surface area contributed by atoms with Gasteiger partial charge in [-0.2, -0.15) is 0 Å². The number of amides is 1. The Kier molecular flexibility index (Phi) is 6.22. The molecule has 0 fully saturated rings. The number of hydrogen-bond donors (Lipinski definition) is 2. The molecule has 1 heterocycles. The van der Waals surface area contributed by atoms with E-state index >= 15 is 0 Å². The van der Waals surface area contributed by atoms with Crippen LogP contribution in [0.15, 0.2) is 40.6 Å². The lowest BCUT2D eigenvalue weighted by molar-refractivity contribution is -0.115. The molecule has 2 rings (SSSR count). The van der Waals surface area contributed by atoms with E-state index < -0.39 is 15.9 Å². The summed E-state index contributed by atoms with van der Waals surface area (Å²) in [7, 11) is -3.74. The number of carbonyl (C=O) groups excluding carboxylic acids is 1. The minimum atomic E-state index is -3.74. The first-order valence-electron chi connectivity index (χ1n) is 7.08. The van der Waals surface area contributed by atoms with Gasteiger partial charge in [-0.25, -0.2) is 13.1 Å². The molecule has 2 aromatic rings. The van der Waals surface area contributed by atoms with Gasteiger partial charge in [0.1, 0.15) is 9.96 Å². The summed E-state index contributed by atoms with van der Waals surface area (Å²) in [6.07, 6.45) is 0.0607. The molecule has 0 bridgehead atoms. The third kappa shape index (κ3) is 5.48. The van der Waals surface area contributed by atoms with Crippen molar-refractivity contribution < 1.29 is 17.9 Å². The summed E-state index contributed by atoms with van der Waals surface area (Å²) in [5.41, 5.74) is 0.550. The standard InChI is InChI=1S/C15H17ClN2O4S2/c1-10(2)22-12-5-3-11(4-6-12)18-14(19)9-17-24(20,21)15-8-7-13(16)23-15/h3-8,10,17H,9H2,1-2H3,(H,18,19). The van der Waals surface area contributed by atoms with Crippen LogP contribution in [0.2, 0.25) is 4.34 Å². The summed E-state index contributed by atoms with van der Waals surface area (Å²) in [5, 5.41) is 2.61. The van der Waals surface area contributed by atoms with Crippen molar-refractivity contribution in [1.29, 1.82) is 0 Å². The fraction of sp³-hybridized carbons (Fsp3) is 0.267. The summed E-state index contributed by atoms with van der Waals surface area (Å²) in [6.45, 7) is 3.47. The molecule has 1 amide bonds. The average Bonchev–Trinajstić information content (AvgIpc) is 2.94. The van der Waals surface area contributed by atoms with Crippen molar-refractivity contribution in [2.24, 2.45) is 0 Å². The summed E-state index contributed by atoms with van der Waals surface area (Å²) >= 11 is 6.64. The molecule has 130 valence electrons. The van der Waals surface area contributed by atoms with Gasteiger partial charge in [-0.1, -0.05) is 11.6 Å². The molecule has 0 radical (unpaired) electrons. The highest BCUT2D eigenvalue weighted by Gasteiger charge is 2.17. The van der Waals surface area contributed by atoms with E-state index in [1.807, 2.05) is 13.8 Å². The van der Waals surface area contributed by atoms with Gasteiger partial charge in [0.05, 0.1) is 17.0 Å². The lowest BCUT2D eigenvalue weighted by atomic mass is 10.3. The maximum Gasteiger partial charge on any atom is 0.250 e. The van der Waals surface area contributed by atoms with E-state index in [1.165, 1.54) is 12.1 Å². The van der Waals surface area contributed by atoms with Crippen molar-refractivity contribution in [1.82, 2.24) is 4.72 Å². The third-order valence-electron chi connectivity index (χ3n) is 2.75. The van der Waals surface area contributed by atoms with Crippen LogP contribution in [-0.2, 0) is 14.8 Å². The van der Waals surface area contributed by atoms with E-state index in [0.717, 1.165) is 11.3 Å². The molecular weight excluding hydrogens is 372 g/mol. The van der Waals surface area contributed by atoms with Crippen LogP contribution in [0.3, 0.4) is 0 Å². The number of nitrogens with one attached hydrogen (secondary N) is 2. The van der Waals surface area contributed by atoms with Crippen LogP contribution < -0.4 is 14.8 Å². The van der Waals surface area contributed by atoms with Crippen molar-refractivity contribution in [2.75, 3.05) is 11.9 Å². The predicted molar refractivity (Wildman–Crippen MR) is 95.4 cm³/mol. The van der Waals surface area contributed by atoms with E-state index in [2.05, 4.69) is 10.0 Å². The first-order valence-corrected chi connectivity index (χ1v) is 9.75. The summed E-state index contributed by atoms with van der Waals surface area (Å²) < 4.78 is 32.2. The van der Waals surface area contributed by atoms with Gasteiger partial charge in [0.25, 0.3) is 10.0 Å². The number of rotatable bonds is 7. The molecule has 6 nitrogen and oxygen atoms in total. The Morgan fingerprint density at radius 3 is 2.42 bits per heavy atom. The van der Waals surface area contributed by atoms with Crippen LogP contribution in [-0.4, -0.2) is 27.0 Å². The fourth-order valence-electron chi connectivity index (χ4n) is 1.77. The van der Waals surface area contributed by atoms with Gasteiger partial charge >= 0.3 is 0 Å². The molecule has 0 saturated heterocycles. The highest BCUT2D eigenvalue weighted by molar-refractivity contribution is 7.91. The quantitative estimate of drug-likeness (QED) is 0.763. The monoisotopic (exact) mass is 388 g/mol. The molecule has 1 aromatic heterocycles. The maximum absolute atomic E-state index is 12.0. The second-order valence-electron chi connectivity index (χ2n) is 5.12. The minimum Gasteiger partial charge on any atom is -0.491 e. The summed E-state index contributed by atoms with van der Waals surface area (Å²) in [4.78, 5) is 11.9. The molecule has 1 aromatic carbocycles. The third-order valence-corrected chi connectivity index (χ3v) is 5.87. The molecule has 0 aliphatic heterocycles. The highest BCUT2D eigenvalue weighted by atomic mass is 35.5. The topological polar surface area (TPSA) is 84.5 Å². The molecule has 9 heteroatoms. The zero-order chi connectivity index (χ0) is 17.7. The molecule has 0 spiro atoms. The van der Waals surface area contributed by atoms with E-state index in [-0.39, 0.29) is 16.9 Å². The Hall–Kier alpha value is -1.61. The molecule has 0 aliphatic rings. The molecule has 0 aliphatic carbocycles. The van der Waals surface area contributed by atoms with Crippen LogP contribution in [0, 0.1) is 0 Å². The normalized spacial score (nSPS) is 11.5. The SMILES string of the molecule is CC(C)Oc1ccc(NC(=O)CNS(=O)(=O)c2ccc(Cl)s2)cc1. The number of sulfonamides is 1. The minimum absolute atomic E-state index is 0.0607. The van der Waals surface area contributed by atoms with E-state index in [0.29, 0.717) is 15.8 Å². The van der Waals surface area contributed by atoms with Crippen LogP contribution in [0.1, 0.15) is 13.8 Å². The number of hydrogen-bond acceptors (Lipinski definition) is 5. The van der Waals surface area contributed by atoms with Crippen molar-refractivity contribution in [3.63, 3.8) is 0 Å². The lowest BCUT2D eigenvalue weighted by Gasteiger charge is -2.11. The average molecular weight is 389 g/mol. The molecule has 0 atom stereocenters. The molecular formula is C15H17ClN2O4S2. The van der Waals surface area contributed by atoms with Crippen molar-refractivity contribution >= 4 is 44.6 Å². The van der Waals surface area contributed by atoms with Gasteiger partial charge in [-0.15, -0.1) is 11.3 Å². The molecule has 0 saturated carbocycles. The van der Waals surface area contributed by atoms with Gasteiger partial charge in [0.2, 0.25) is 5.91 Å². The van der Waals surface area contributed by atoms with E-state index in [4.69, 9.17) is 16.3 Å². The number of thiophene rings is 1. The largest absolute Gasteiger partial charge is 0.491 e. The lowest BCUT2D eigenvalue weighted by Crippen LogP contribution is -2.32. The van der Waals surface area contributed by atoms with Crippen molar-refractivity contribution in [3.05, 3.63) is 40.7 Å². The van der Waals surface area contributed by atoms with Gasteiger partial charge in [0, 0.05) is 5.69 Å². The Balaban J connectivity index is 1.89. The Morgan fingerprint density at radius 1 is 1.21 bits per heavy atom. The van der Waals surface area contributed by atoms with Gasteiger partial charge < -0.3 is 10.1 Å². The maximum atomic E-state index is 12.0.